The molecule has 1 atom stereocenters. The molecule has 0 N–H and O–H groups in total. The van der Waals surface area contributed by atoms with Crippen LogP contribution in [0.2, 0.25) is 0 Å². The summed E-state index contributed by atoms with van der Waals surface area (Å²) in [5, 5.41) is 10.2. The summed E-state index contributed by atoms with van der Waals surface area (Å²) in [6.07, 6.45) is -3.97. The maximum Gasteiger partial charge on any atom is 0.453 e. The molecule has 0 saturated heterocycles. The Morgan fingerprint density at radius 2 is 1.96 bits per heavy atom. The van der Waals surface area contributed by atoms with Crippen molar-refractivity contribution in [3.8, 4) is 17.1 Å². The van der Waals surface area contributed by atoms with E-state index >= 15 is 0 Å². The Balaban J connectivity index is 1.60. The molecule has 1 aliphatic carbocycles. The average molecular weight is 389 g/mol. The van der Waals surface area contributed by atoms with Crippen LogP contribution in [0.15, 0.2) is 24.4 Å². The van der Waals surface area contributed by atoms with Crippen LogP contribution in [0.25, 0.3) is 16.9 Å². The number of alkyl halides is 5. The third-order valence-electron chi connectivity index (χ3n) is 4.00. The number of hydrogen-bond donors (Lipinski definition) is 0. The van der Waals surface area contributed by atoms with Crippen LogP contribution in [0.1, 0.15) is 12.2 Å². The molecule has 0 aromatic carbocycles. The Kier molecular flexibility index (Phi) is 3.75. The van der Waals surface area contributed by atoms with Gasteiger partial charge in [0.05, 0.1) is 18.2 Å². The van der Waals surface area contributed by atoms with E-state index in [1.807, 2.05) is 0 Å². The van der Waals surface area contributed by atoms with E-state index in [1.54, 1.807) is 0 Å². The van der Waals surface area contributed by atoms with Crippen molar-refractivity contribution in [3.63, 3.8) is 0 Å². The lowest BCUT2D eigenvalue weighted by atomic mass is 10.2. The summed E-state index contributed by atoms with van der Waals surface area (Å²) in [4.78, 5) is 3.70. The summed E-state index contributed by atoms with van der Waals surface area (Å²) in [5.74, 6) is -6.51. The number of ether oxygens (including phenoxy) is 1. The molecule has 4 rings (SSSR count). The van der Waals surface area contributed by atoms with Crippen LogP contribution in [0, 0.1) is 11.7 Å². The highest BCUT2D eigenvalue weighted by Crippen LogP contribution is 2.48. The van der Waals surface area contributed by atoms with Crippen molar-refractivity contribution in [2.24, 2.45) is 5.92 Å². The second-order valence-electron chi connectivity index (χ2n) is 5.99. The van der Waals surface area contributed by atoms with Gasteiger partial charge in [0.2, 0.25) is 5.88 Å². The van der Waals surface area contributed by atoms with E-state index < -0.39 is 35.5 Å². The van der Waals surface area contributed by atoms with Gasteiger partial charge in [-0.3, -0.25) is 0 Å². The van der Waals surface area contributed by atoms with E-state index in [-0.39, 0.29) is 29.9 Å². The minimum atomic E-state index is -4.77. The molecule has 0 bridgehead atoms. The van der Waals surface area contributed by atoms with Crippen molar-refractivity contribution in [1.29, 1.82) is 0 Å². The Bertz CT molecular complexity index is 1020. The number of aromatic nitrogens is 5. The van der Waals surface area contributed by atoms with Crippen molar-refractivity contribution in [1.82, 2.24) is 24.8 Å². The third-order valence-corrected chi connectivity index (χ3v) is 4.00. The molecule has 0 aliphatic heterocycles. The molecule has 3 aromatic rings. The lowest BCUT2D eigenvalue weighted by Crippen LogP contribution is -2.12. The zero-order valence-electron chi connectivity index (χ0n) is 13.2. The average Bonchev–Trinajstić information content (AvgIpc) is 3.01. The zero-order chi connectivity index (χ0) is 19.4. The number of pyridine rings is 1. The van der Waals surface area contributed by atoms with E-state index in [0.717, 1.165) is 12.3 Å². The molecule has 12 heteroatoms. The molecule has 0 spiro atoms. The van der Waals surface area contributed by atoms with Gasteiger partial charge in [-0.1, -0.05) is 0 Å². The van der Waals surface area contributed by atoms with Crippen molar-refractivity contribution >= 4 is 5.65 Å². The van der Waals surface area contributed by atoms with Crippen LogP contribution in [0.5, 0.6) is 5.88 Å². The highest BCUT2D eigenvalue weighted by Gasteiger charge is 2.57. The summed E-state index contributed by atoms with van der Waals surface area (Å²) < 4.78 is 83.9. The van der Waals surface area contributed by atoms with Crippen LogP contribution in [-0.2, 0) is 6.18 Å². The maximum absolute atomic E-state index is 14.1. The van der Waals surface area contributed by atoms with Crippen LogP contribution in [-0.4, -0.2) is 37.3 Å². The summed E-state index contributed by atoms with van der Waals surface area (Å²) >= 11 is 0. The molecule has 3 heterocycles. The monoisotopic (exact) mass is 389 g/mol. The predicted octanol–water partition coefficient (Wildman–Crippen LogP) is 3.38. The SMILES string of the molecule is Fc1cc(-c2ccc3nnc(C(F)(F)F)n3n2)cnc1OC[C@@H]1CC1(F)F. The number of hydrogen-bond acceptors (Lipinski definition) is 5. The second-order valence-corrected chi connectivity index (χ2v) is 5.99. The van der Waals surface area contributed by atoms with Crippen molar-refractivity contribution in [3.05, 3.63) is 36.0 Å². The van der Waals surface area contributed by atoms with Gasteiger partial charge in [0.1, 0.15) is 0 Å². The maximum atomic E-state index is 14.1. The lowest BCUT2D eigenvalue weighted by Gasteiger charge is -2.08. The standard InChI is InChI=1S/C15H9F6N5O/c16-9-3-7(5-22-12(9)27-6-8-4-14(8,17)18)10-1-2-11-23-24-13(15(19,20)21)26(11)25-10/h1-3,5,8H,4,6H2/t8-/m0/s1. The van der Waals surface area contributed by atoms with Gasteiger partial charge in [-0.2, -0.15) is 22.8 Å². The van der Waals surface area contributed by atoms with E-state index in [4.69, 9.17) is 4.74 Å². The molecule has 3 aromatic heterocycles. The molecule has 6 nitrogen and oxygen atoms in total. The van der Waals surface area contributed by atoms with Crippen molar-refractivity contribution < 1.29 is 31.1 Å². The Labute approximate surface area is 146 Å². The molecule has 1 saturated carbocycles. The fraction of sp³-hybridized carbons (Fsp3) is 0.333. The molecule has 0 amide bonds. The Morgan fingerprint density at radius 3 is 2.59 bits per heavy atom. The molecule has 27 heavy (non-hydrogen) atoms. The van der Waals surface area contributed by atoms with Crippen LogP contribution in [0.4, 0.5) is 26.3 Å². The molecule has 0 radical (unpaired) electrons. The van der Waals surface area contributed by atoms with Gasteiger partial charge in [0.15, 0.2) is 11.5 Å². The number of halogens is 6. The number of fused-ring (bicyclic) bond motifs is 1. The first-order chi connectivity index (χ1) is 12.6. The summed E-state index contributed by atoms with van der Waals surface area (Å²) in [6.45, 7) is -0.379. The van der Waals surface area contributed by atoms with Gasteiger partial charge < -0.3 is 4.74 Å². The van der Waals surface area contributed by atoms with Gasteiger partial charge in [-0.15, -0.1) is 10.2 Å². The normalized spacial score (nSPS) is 18.7. The third kappa shape index (κ3) is 3.26. The first-order valence-electron chi connectivity index (χ1n) is 7.61. The summed E-state index contributed by atoms with van der Waals surface area (Å²) in [7, 11) is 0. The zero-order valence-corrected chi connectivity index (χ0v) is 13.2. The topological polar surface area (TPSA) is 65.2 Å². The summed E-state index contributed by atoms with van der Waals surface area (Å²) in [5.41, 5.74) is -0.0791. The summed E-state index contributed by atoms with van der Waals surface area (Å²) in [6, 6.07) is 3.51. The van der Waals surface area contributed by atoms with Gasteiger partial charge in [-0.05, 0) is 18.2 Å². The largest absolute Gasteiger partial charge is 0.475 e. The van der Waals surface area contributed by atoms with Gasteiger partial charge in [0, 0.05) is 18.2 Å². The van der Waals surface area contributed by atoms with Gasteiger partial charge in [-0.25, -0.2) is 18.2 Å². The van der Waals surface area contributed by atoms with Crippen LogP contribution in [0.3, 0.4) is 0 Å². The number of rotatable bonds is 4. The molecular weight excluding hydrogens is 380 g/mol. The first kappa shape index (κ1) is 17.5. The quantitative estimate of drug-likeness (QED) is 0.640. The van der Waals surface area contributed by atoms with Crippen LogP contribution >= 0.6 is 0 Å². The molecule has 142 valence electrons. The van der Waals surface area contributed by atoms with E-state index in [9.17, 15) is 26.3 Å². The fourth-order valence-electron chi connectivity index (χ4n) is 2.42. The van der Waals surface area contributed by atoms with Gasteiger partial charge in [0.25, 0.3) is 11.7 Å². The van der Waals surface area contributed by atoms with Crippen molar-refractivity contribution in [2.75, 3.05) is 6.61 Å². The first-order valence-corrected chi connectivity index (χ1v) is 7.61. The number of nitrogens with zero attached hydrogens (tertiary/aromatic N) is 5. The Hall–Kier alpha value is -2.92. The van der Waals surface area contributed by atoms with E-state index in [0.29, 0.717) is 4.52 Å². The smallest absolute Gasteiger partial charge is 0.453 e. The highest BCUT2D eigenvalue weighted by atomic mass is 19.4. The second kappa shape index (κ2) is 5.79. The van der Waals surface area contributed by atoms with E-state index in [2.05, 4.69) is 20.3 Å². The predicted molar refractivity (Wildman–Crippen MR) is 77.5 cm³/mol. The van der Waals surface area contributed by atoms with Gasteiger partial charge >= 0.3 is 6.18 Å². The Morgan fingerprint density at radius 1 is 1.22 bits per heavy atom. The molecule has 1 fully saturated rings. The fourth-order valence-corrected chi connectivity index (χ4v) is 2.42. The lowest BCUT2D eigenvalue weighted by molar-refractivity contribution is -0.146. The van der Waals surface area contributed by atoms with E-state index in [1.165, 1.54) is 12.1 Å². The minimum Gasteiger partial charge on any atom is -0.475 e. The molecular formula is C15H9F6N5O. The van der Waals surface area contributed by atoms with Crippen molar-refractivity contribution in [2.45, 2.75) is 18.5 Å². The minimum absolute atomic E-state index is 0.0144. The molecule has 0 unspecified atom stereocenters. The molecule has 1 aliphatic rings. The van der Waals surface area contributed by atoms with Crippen LogP contribution < -0.4 is 4.74 Å². The highest BCUT2D eigenvalue weighted by molar-refractivity contribution is 5.59.